The van der Waals surface area contributed by atoms with Crippen LogP contribution in [0, 0.1) is 12.7 Å². The van der Waals surface area contributed by atoms with E-state index in [4.69, 9.17) is 10.6 Å². The summed E-state index contributed by atoms with van der Waals surface area (Å²) in [6.07, 6.45) is -0.176. The van der Waals surface area contributed by atoms with Crippen molar-refractivity contribution in [2.24, 2.45) is 5.84 Å². The maximum Gasteiger partial charge on any atom is 0.187 e. The lowest BCUT2D eigenvalue weighted by Crippen LogP contribution is -2.21. The average Bonchev–Trinajstić information content (AvgIpc) is 2.33. The molecule has 1 saturated heterocycles. The third-order valence-electron chi connectivity index (χ3n) is 2.27. The molecule has 2 heterocycles. The second kappa shape index (κ2) is 4.94. The maximum absolute atomic E-state index is 13.4. The second-order valence-corrected chi connectivity index (χ2v) is 4.56. The SMILES string of the molecule is Cc1nc(C2CSCCO2)nc(NN)c1F. The summed E-state index contributed by atoms with van der Waals surface area (Å²) in [4.78, 5) is 8.10. The Labute approximate surface area is 97.0 Å². The second-order valence-electron chi connectivity index (χ2n) is 3.41. The number of nitrogens with zero attached hydrogens (tertiary/aromatic N) is 2. The van der Waals surface area contributed by atoms with Crippen molar-refractivity contribution < 1.29 is 9.13 Å². The lowest BCUT2D eigenvalue weighted by Gasteiger charge is -2.21. The highest BCUT2D eigenvalue weighted by atomic mass is 32.2. The van der Waals surface area contributed by atoms with Gasteiger partial charge in [-0.15, -0.1) is 0 Å². The molecule has 1 aliphatic rings. The van der Waals surface area contributed by atoms with Gasteiger partial charge in [-0.05, 0) is 6.92 Å². The third-order valence-corrected chi connectivity index (χ3v) is 3.27. The molecule has 0 amide bonds. The van der Waals surface area contributed by atoms with Gasteiger partial charge in [0, 0.05) is 11.5 Å². The highest BCUT2D eigenvalue weighted by Gasteiger charge is 2.21. The summed E-state index contributed by atoms with van der Waals surface area (Å²) in [7, 11) is 0. The highest BCUT2D eigenvalue weighted by Crippen LogP contribution is 2.26. The molecule has 0 aromatic carbocycles. The van der Waals surface area contributed by atoms with Crippen LogP contribution in [0.5, 0.6) is 0 Å². The first kappa shape index (κ1) is 11.6. The number of hydrazine groups is 1. The van der Waals surface area contributed by atoms with Gasteiger partial charge in [0.25, 0.3) is 0 Å². The van der Waals surface area contributed by atoms with Crippen molar-refractivity contribution in [2.75, 3.05) is 23.5 Å². The minimum atomic E-state index is -0.519. The van der Waals surface area contributed by atoms with Crippen molar-refractivity contribution in [2.45, 2.75) is 13.0 Å². The molecule has 0 spiro atoms. The maximum atomic E-state index is 13.4. The van der Waals surface area contributed by atoms with Crippen LogP contribution in [0.3, 0.4) is 0 Å². The monoisotopic (exact) mass is 244 g/mol. The zero-order valence-corrected chi connectivity index (χ0v) is 9.68. The van der Waals surface area contributed by atoms with Gasteiger partial charge in [-0.2, -0.15) is 11.8 Å². The van der Waals surface area contributed by atoms with Crippen LogP contribution in [0.1, 0.15) is 17.6 Å². The Morgan fingerprint density at radius 3 is 3.00 bits per heavy atom. The summed E-state index contributed by atoms with van der Waals surface area (Å²) in [5.41, 5.74) is 2.50. The Morgan fingerprint density at radius 2 is 2.38 bits per heavy atom. The van der Waals surface area contributed by atoms with Crippen LogP contribution in [-0.2, 0) is 4.74 Å². The van der Waals surface area contributed by atoms with E-state index < -0.39 is 5.82 Å². The molecule has 1 fully saturated rings. The van der Waals surface area contributed by atoms with Gasteiger partial charge >= 0.3 is 0 Å². The molecule has 0 aliphatic carbocycles. The van der Waals surface area contributed by atoms with Gasteiger partial charge in [0.1, 0.15) is 6.10 Å². The number of hydrogen-bond donors (Lipinski definition) is 2. The summed E-state index contributed by atoms with van der Waals surface area (Å²) < 4.78 is 19.0. The normalized spacial score (nSPS) is 20.8. The van der Waals surface area contributed by atoms with Gasteiger partial charge in [0.15, 0.2) is 17.5 Å². The van der Waals surface area contributed by atoms with E-state index >= 15 is 0 Å². The summed E-state index contributed by atoms with van der Waals surface area (Å²) >= 11 is 1.77. The molecular weight excluding hydrogens is 231 g/mol. The number of aryl methyl sites for hydroxylation is 1. The molecule has 1 unspecified atom stereocenters. The van der Waals surface area contributed by atoms with E-state index in [9.17, 15) is 4.39 Å². The minimum Gasteiger partial charge on any atom is -0.368 e. The number of hydrogen-bond acceptors (Lipinski definition) is 6. The van der Waals surface area contributed by atoms with E-state index in [1.165, 1.54) is 0 Å². The average molecular weight is 244 g/mol. The molecule has 5 nitrogen and oxygen atoms in total. The van der Waals surface area contributed by atoms with Crippen molar-refractivity contribution >= 4 is 17.6 Å². The summed E-state index contributed by atoms with van der Waals surface area (Å²) in [5, 5.41) is 0. The fourth-order valence-corrected chi connectivity index (χ4v) is 2.30. The number of anilines is 1. The first-order valence-electron chi connectivity index (χ1n) is 4.92. The number of thioether (sulfide) groups is 1. The number of halogens is 1. The van der Waals surface area contributed by atoms with Crippen LogP contribution in [0.25, 0.3) is 0 Å². The van der Waals surface area contributed by atoms with Crippen LogP contribution in [0.4, 0.5) is 10.2 Å². The van der Waals surface area contributed by atoms with Gasteiger partial charge in [-0.1, -0.05) is 0 Å². The number of nitrogens with two attached hydrogens (primary N) is 1. The quantitative estimate of drug-likeness (QED) is 0.597. The zero-order chi connectivity index (χ0) is 11.5. The summed E-state index contributed by atoms with van der Waals surface area (Å²) in [6.45, 7) is 2.25. The largest absolute Gasteiger partial charge is 0.368 e. The van der Waals surface area contributed by atoms with E-state index in [2.05, 4.69) is 15.4 Å². The molecule has 88 valence electrons. The molecule has 3 N–H and O–H groups in total. The van der Waals surface area contributed by atoms with Crippen LogP contribution in [-0.4, -0.2) is 28.1 Å². The highest BCUT2D eigenvalue weighted by molar-refractivity contribution is 7.99. The summed E-state index contributed by atoms with van der Waals surface area (Å²) in [6, 6.07) is 0. The Kier molecular flexibility index (Phi) is 3.57. The molecule has 0 radical (unpaired) electrons. The Bertz CT molecular complexity index is 384. The van der Waals surface area contributed by atoms with Crippen molar-refractivity contribution in [3.63, 3.8) is 0 Å². The number of nitrogens with one attached hydrogen (secondary N) is 1. The number of nitrogen functional groups attached to an aromatic ring is 1. The third kappa shape index (κ3) is 2.26. The van der Waals surface area contributed by atoms with E-state index in [0.717, 1.165) is 11.5 Å². The topological polar surface area (TPSA) is 73.1 Å². The van der Waals surface area contributed by atoms with Crippen molar-refractivity contribution in [1.29, 1.82) is 0 Å². The molecule has 2 rings (SSSR count). The Hall–Kier alpha value is -0.920. The Balaban J connectivity index is 2.29. The minimum absolute atomic E-state index is 0.0154. The lowest BCUT2D eigenvalue weighted by molar-refractivity contribution is 0.0692. The lowest BCUT2D eigenvalue weighted by atomic mass is 10.3. The van der Waals surface area contributed by atoms with Crippen LogP contribution in [0.15, 0.2) is 0 Å². The molecule has 0 bridgehead atoms. The molecule has 7 heteroatoms. The van der Waals surface area contributed by atoms with Crippen LogP contribution >= 0.6 is 11.8 Å². The fraction of sp³-hybridized carbons (Fsp3) is 0.556. The Morgan fingerprint density at radius 1 is 1.56 bits per heavy atom. The van der Waals surface area contributed by atoms with Gasteiger partial charge in [-0.3, -0.25) is 0 Å². The van der Waals surface area contributed by atoms with Crippen molar-refractivity contribution in [1.82, 2.24) is 9.97 Å². The van der Waals surface area contributed by atoms with Crippen molar-refractivity contribution in [3.8, 4) is 0 Å². The van der Waals surface area contributed by atoms with E-state index in [0.29, 0.717) is 12.4 Å². The molecule has 1 atom stereocenters. The standard InChI is InChI=1S/C9H13FN4OS/c1-5-7(10)9(14-11)13-8(12-5)6-4-16-3-2-15-6/h6H,2-4,11H2,1H3,(H,12,13,14). The van der Waals surface area contributed by atoms with Crippen molar-refractivity contribution in [3.05, 3.63) is 17.3 Å². The molecule has 1 aromatic rings. The molecule has 0 saturated carbocycles. The van der Waals surface area contributed by atoms with Gasteiger partial charge in [0.05, 0.1) is 12.3 Å². The molecule has 1 aromatic heterocycles. The van der Waals surface area contributed by atoms with Crippen LogP contribution < -0.4 is 11.3 Å². The van der Waals surface area contributed by atoms with Crippen LogP contribution in [0.2, 0.25) is 0 Å². The predicted octanol–water partition coefficient (Wildman–Crippen LogP) is 1.01. The molecular formula is C9H13FN4OS. The zero-order valence-electron chi connectivity index (χ0n) is 8.86. The predicted molar refractivity (Wildman–Crippen MR) is 60.6 cm³/mol. The number of rotatable bonds is 2. The smallest absolute Gasteiger partial charge is 0.187 e. The van der Waals surface area contributed by atoms with Gasteiger partial charge in [0.2, 0.25) is 0 Å². The number of ether oxygens (including phenoxy) is 1. The van der Waals surface area contributed by atoms with E-state index in [1.807, 2.05) is 0 Å². The van der Waals surface area contributed by atoms with Gasteiger partial charge in [-0.25, -0.2) is 20.2 Å². The van der Waals surface area contributed by atoms with E-state index in [1.54, 1.807) is 18.7 Å². The van der Waals surface area contributed by atoms with E-state index in [-0.39, 0.29) is 17.6 Å². The first-order valence-corrected chi connectivity index (χ1v) is 6.08. The summed E-state index contributed by atoms with van der Waals surface area (Å²) in [5.74, 6) is 6.93. The molecule has 16 heavy (non-hydrogen) atoms. The first-order chi connectivity index (χ1) is 7.72. The molecule has 1 aliphatic heterocycles. The fourth-order valence-electron chi connectivity index (χ4n) is 1.46. The van der Waals surface area contributed by atoms with Gasteiger partial charge < -0.3 is 10.2 Å². The number of aromatic nitrogens is 2.